The van der Waals surface area contributed by atoms with Gasteiger partial charge in [0.15, 0.2) is 6.61 Å². The van der Waals surface area contributed by atoms with E-state index in [1.165, 1.54) is 12.1 Å². The molecule has 9 heteroatoms. The molecule has 8 nitrogen and oxygen atoms in total. The zero-order valence-corrected chi connectivity index (χ0v) is 19.6. The molecule has 0 aromatic heterocycles. The summed E-state index contributed by atoms with van der Waals surface area (Å²) in [4.78, 5) is 16.7. The molecule has 0 saturated carbocycles. The lowest BCUT2D eigenvalue weighted by atomic mass is 10.2. The third-order valence-electron chi connectivity index (χ3n) is 5.25. The fraction of sp³-hybridized carbons (Fsp3) is 0.435. The van der Waals surface area contributed by atoms with Crippen LogP contribution in [-0.4, -0.2) is 65.7 Å². The minimum absolute atomic E-state index is 0.0831. The molecule has 0 unspecified atom stereocenters. The molecule has 0 bridgehead atoms. The second kappa shape index (κ2) is 10.7. The number of carbonyl (C=O) groups is 1. The van der Waals surface area contributed by atoms with Crippen LogP contribution in [-0.2, 0) is 14.8 Å². The third-order valence-corrected chi connectivity index (χ3v) is 6.69. The van der Waals surface area contributed by atoms with Crippen molar-refractivity contribution in [3.05, 3.63) is 48.5 Å². The van der Waals surface area contributed by atoms with Gasteiger partial charge in [-0.1, -0.05) is 13.8 Å². The molecule has 1 N–H and O–H groups in total. The summed E-state index contributed by atoms with van der Waals surface area (Å²) in [5.74, 6) is 1.40. The van der Waals surface area contributed by atoms with Gasteiger partial charge in [-0.2, -0.15) is 0 Å². The predicted molar refractivity (Wildman–Crippen MR) is 124 cm³/mol. The first-order valence-corrected chi connectivity index (χ1v) is 12.2. The summed E-state index contributed by atoms with van der Waals surface area (Å²) in [6, 6.07) is 14.0. The molecule has 0 radical (unpaired) electrons. The number of nitrogens with one attached hydrogen (secondary N) is 1. The molecule has 1 amide bonds. The topological polar surface area (TPSA) is 88.2 Å². The molecular weight excluding hydrogens is 430 g/mol. The summed E-state index contributed by atoms with van der Waals surface area (Å²) < 4.78 is 37.9. The number of sulfonamides is 1. The van der Waals surface area contributed by atoms with Crippen molar-refractivity contribution in [2.45, 2.75) is 18.7 Å². The van der Waals surface area contributed by atoms with E-state index in [9.17, 15) is 13.2 Å². The van der Waals surface area contributed by atoms with Gasteiger partial charge in [0.1, 0.15) is 11.5 Å². The lowest BCUT2D eigenvalue weighted by Gasteiger charge is -2.36. The molecule has 2 aromatic rings. The maximum absolute atomic E-state index is 12.5. The highest BCUT2D eigenvalue weighted by Gasteiger charge is 2.22. The van der Waals surface area contributed by atoms with E-state index in [-0.39, 0.29) is 23.3 Å². The van der Waals surface area contributed by atoms with Crippen LogP contribution in [0.3, 0.4) is 0 Å². The maximum Gasteiger partial charge on any atom is 0.260 e. The second-order valence-corrected chi connectivity index (χ2v) is 9.84. The van der Waals surface area contributed by atoms with E-state index < -0.39 is 10.0 Å². The number of amides is 1. The Morgan fingerprint density at radius 3 is 2.12 bits per heavy atom. The van der Waals surface area contributed by atoms with Crippen LogP contribution in [0.4, 0.5) is 5.69 Å². The van der Waals surface area contributed by atoms with Crippen LogP contribution in [0, 0.1) is 5.92 Å². The van der Waals surface area contributed by atoms with Crippen molar-refractivity contribution in [1.82, 2.24) is 9.62 Å². The van der Waals surface area contributed by atoms with E-state index in [1.807, 2.05) is 38.1 Å². The molecule has 32 heavy (non-hydrogen) atoms. The van der Waals surface area contributed by atoms with Gasteiger partial charge < -0.3 is 19.3 Å². The third kappa shape index (κ3) is 6.37. The Kier molecular flexibility index (Phi) is 7.98. The zero-order valence-electron chi connectivity index (χ0n) is 18.8. The van der Waals surface area contributed by atoms with Crippen LogP contribution in [0.5, 0.6) is 11.5 Å². The highest BCUT2D eigenvalue weighted by atomic mass is 32.2. The van der Waals surface area contributed by atoms with Crippen molar-refractivity contribution in [2.24, 2.45) is 5.92 Å². The number of rotatable bonds is 9. The molecule has 0 spiro atoms. The molecule has 3 rings (SSSR count). The van der Waals surface area contributed by atoms with Crippen LogP contribution < -0.4 is 19.1 Å². The highest BCUT2D eigenvalue weighted by Crippen LogP contribution is 2.21. The molecule has 0 atom stereocenters. The van der Waals surface area contributed by atoms with Gasteiger partial charge >= 0.3 is 0 Å². The molecule has 0 aliphatic carbocycles. The number of methoxy groups -OCH3 is 1. The molecule has 1 saturated heterocycles. The molecule has 2 aromatic carbocycles. The minimum atomic E-state index is -3.55. The quantitative estimate of drug-likeness (QED) is 0.617. The number of piperazine rings is 1. The van der Waals surface area contributed by atoms with E-state index in [0.717, 1.165) is 24.5 Å². The fourth-order valence-corrected chi connectivity index (χ4v) is 4.53. The summed E-state index contributed by atoms with van der Waals surface area (Å²) in [7, 11) is -1.90. The van der Waals surface area contributed by atoms with Crippen molar-refractivity contribution < 1.29 is 22.7 Å². The van der Waals surface area contributed by atoms with E-state index in [1.54, 1.807) is 24.1 Å². The van der Waals surface area contributed by atoms with Crippen LogP contribution in [0.25, 0.3) is 0 Å². The number of carbonyl (C=O) groups excluding carboxylic acids is 1. The normalized spacial score (nSPS) is 14.5. The molecule has 174 valence electrons. The van der Waals surface area contributed by atoms with E-state index in [0.29, 0.717) is 25.4 Å². The number of benzene rings is 2. The Hall–Kier alpha value is -2.78. The smallest absolute Gasteiger partial charge is 0.260 e. The summed E-state index contributed by atoms with van der Waals surface area (Å²) in [6.45, 7) is 6.90. The van der Waals surface area contributed by atoms with Crippen molar-refractivity contribution in [3.63, 3.8) is 0 Å². The summed E-state index contributed by atoms with van der Waals surface area (Å²) in [6.07, 6.45) is 0. The number of ether oxygens (including phenoxy) is 2. The van der Waals surface area contributed by atoms with Gasteiger partial charge in [0, 0.05) is 38.4 Å². The maximum atomic E-state index is 12.5. The Labute approximate surface area is 190 Å². The average molecular weight is 462 g/mol. The average Bonchev–Trinajstić information content (AvgIpc) is 2.82. The second-order valence-electron chi connectivity index (χ2n) is 8.07. The van der Waals surface area contributed by atoms with Crippen LogP contribution in [0.2, 0.25) is 0 Å². The highest BCUT2D eigenvalue weighted by molar-refractivity contribution is 7.89. The lowest BCUT2D eigenvalue weighted by Crippen LogP contribution is -2.50. The van der Waals surface area contributed by atoms with Crippen molar-refractivity contribution in [1.29, 1.82) is 0 Å². The van der Waals surface area contributed by atoms with E-state index >= 15 is 0 Å². The van der Waals surface area contributed by atoms with Crippen molar-refractivity contribution >= 4 is 21.6 Å². The Bertz CT molecular complexity index is 983. The van der Waals surface area contributed by atoms with Gasteiger partial charge in [-0.25, -0.2) is 13.1 Å². The summed E-state index contributed by atoms with van der Waals surface area (Å²) >= 11 is 0. The molecule has 1 heterocycles. The van der Waals surface area contributed by atoms with E-state index in [2.05, 4.69) is 9.62 Å². The standard InChI is InChI=1S/C23H31N3O5S/c1-18(2)16-24-32(28,29)22-10-8-21(9-11-22)31-17-23(27)26-14-12-25(13-15-26)19-4-6-20(30-3)7-5-19/h4-11,18,24H,12-17H2,1-3H3. The van der Waals surface area contributed by atoms with Crippen LogP contribution in [0.1, 0.15) is 13.8 Å². The summed E-state index contributed by atoms with van der Waals surface area (Å²) in [5.41, 5.74) is 1.10. The monoisotopic (exact) mass is 461 g/mol. The van der Waals surface area contributed by atoms with Crippen molar-refractivity contribution in [3.8, 4) is 11.5 Å². The number of anilines is 1. The largest absolute Gasteiger partial charge is 0.497 e. The Balaban J connectivity index is 1.46. The predicted octanol–water partition coefficient (Wildman–Crippen LogP) is 2.36. The van der Waals surface area contributed by atoms with Gasteiger partial charge in [0.05, 0.1) is 12.0 Å². The molecular formula is C23H31N3O5S. The lowest BCUT2D eigenvalue weighted by molar-refractivity contribution is -0.133. The number of hydrogen-bond acceptors (Lipinski definition) is 6. The molecule has 1 aliphatic heterocycles. The Morgan fingerprint density at radius 1 is 0.969 bits per heavy atom. The number of hydrogen-bond donors (Lipinski definition) is 1. The van der Waals surface area contributed by atoms with Gasteiger partial charge in [-0.05, 0) is 54.4 Å². The van der Waals surface area contributed by atoms with Crippen LogP contribution in [0.15, 0.2) is 53.4 Å². The SMILES string of the molecule is COc1ccc(N2CCN(C(=O)COc3ccc(S(=O)(=O)NCC(C)C)cc3)CC2)cc1. The van der Waals surface area contributed by atoms with Gasteiger partial charge in [0.2, 0.25) is 10.0 Å². The minimum Gasteiger partial charge on any atom is -0.497 e. The first-order valence-electron chi connectivity index (χ1n) is 10.7. The molecule has 1 fully saturated rings. The Morgan fingerprint density at radius 2 is 1.56 bits per heavy atom. The molecule has 1 aliphatic rings. The number of nitrogens with zero attached hydrogens (tertiary/aromatic N) is 2. The van der Waals surface area contributed by atoms with E-state index in [4.69, 9.17) is 9.47 Å². The summed E-state index contributed by atoms with van der Waals surface area (Å²) in [5, 5.41) is 0. The van der Waals surface area contributed by atoms with Crippen LogP contribution >= 0.6 is 0 Å². The van der Waals surface area contributed by atoms with Crippen molar-refractivity contribution in [2.75, 3.05) is 51.3 Å². The fourth-order valence-electron chi connectivity index (χ4n) is 3.32. The zero-order chi connectivity index (χ0) is 23.1. The first kappa shape index (κ1) is 23.9. The van der Waals surface area contributed by atoms with Gasteiger partial charge in [-0.15, -0.1) is 0 Å². The van der Waals surface area contributed by atoms with Gasteiger partial charge in [-0.3, -0.25) is 4.79 Å². The van der Waals surface area contributed by atoms with Gasteiger partial charge in [0.25, 0.3) is 5.91 Å². The first-order chi connectivity index (χ1) is 15.3.